The Bertz CT molecular complexity index is 1120. The van der Waals surface area contributed by atoms with Gasteiger partial charge in [0.15, 0.2) is 5.82 Å². The largest absolute Gasteiger partial charge is 0.497 e. The van der Waals surface area contributed by atoms with Gasteiger partial charge in [0.2, 0.25) is 0 Å². The number of rotatable bonds is 5. The fourth-order valence-electron chi connectivity index (χ4n) is 3.60. The average Bonchev–Trinajstić information content (AvgIpc) is 2.83. The van der Waals surface area contributed by atoms with Crippen LogP contribution in [0, 0.1) is 5.82 Å². The van der Waals surface area contributed by atoms with E-state index >= 15 is 0 Å². The third kappa shape index (κ3) is 4.50. The second kappa shape index (κ2) is 9.23. The quantitative estimate of drug-likeness (QED) is 0.628. The first-order chi connectivity index (χ1) is 15.5. The lowest BCUT2D eigenvalue weighted by molar-refractivity contribution is 0.189. The summed E-state index contributed by atoms with van der Waals surface area (Å²) in [7, 11) is 4.62. The van der Waals surface area contributed by atoms with Gasteiger partial charge in [0.05, 0.1) is 38.4 Å². The molecule has 0 saturated carbocycles. The van der Waals surface area contributed by atoms with Crippen molar-refractivity contribution in [2.45, 2.75) is 6.04 Å². The van der Waals surface area contributed by atoms with Gasteiger partial charge >= 0.3 is 6.03 Å². The Balaban J connectivity index is 1.54. The molecular formula is C22H24FN5O4. The molecule has 0 bridgehead atoms. The molecule has 1 saturated heterocycles. The van der Waals surface area contributed by atoms with Crippen molar-refractivity contribution in [1.82, 2.24) is 20.2 Å². The standard InChI is InChI=1S/C22H24FN5O4/c1-30-15-8-13(9-16(11-15)31-2)19-12-28(7-6-24-19)22(29)27-20-21(32-3)26-17-5-4-14(23)10-18(17)25-20/h4-5,8-11,19,24H,6-7,12H2,1-3H3,(H,25,27,29). The van der Waals surface area contributed by atoms with Gasteiger partial charge in [-0.15, -0.1) is 0 Å². The highest BCUT2D eigenvalue weighted by atomic mass is 19.1. The summed E-state index contributed by atoms with van der Waals surface area (Å²) < 4.78 is 29.6. The van der Waals surface area contributed by atoms with E-state index in [4.69, 9.17) is 14.2 Å². The van der Waals surface area contributed by atoms with Crippen LogP contribution in [0.4, 0.5) is 15.0 Å². The lowest BCUT2D eigenvalue weighted by atomic mass is 10.0. The van der Waals surface area contributed by atoms with Crippen LogP contribution in [0.15, 0.2) is 36.4 Å². The van der Waals surface area contributed by atoms with E-state index < -0.39 is 5.82 Å². The number of methoxy groups -OCH3 is 3. The maximum atomic E-state index is 13.6. The van der Waals surface area contributed by atoms with Gasteiger partial charge in [-0.2, -0.15) is 0 Å². The second-order valence-electron chi connectivity index (χ2n) is 7.24. The van der Waals surface area contributed by atoms with Crippen LogP contribution < -0.4 is 24.8 Å². The van der Waals surface area contributed by atoms with Crippen LogP contribution in [0.5, 0.6) is 17.4 Å². The first kappa shape index (κ1) is 21.6. The Morgan fingerprint density at radius 3 is 2.50 bits per heavy atom. The van der Waals surface area contributed by atoms with Crippen LogP contribution in [0.2, 0.25) is 0 Å². The fraction of sp³-hybridized carbons (Fsp3) is 0.318. The van der Waals surface area contributed by atoms with Gasteiger partial charge in [0.25, 0.3) is 5.88 Å². The smallest absolute Gasteiger partial charge is 0.323 e. The van der Waals surface area contributed by atoms with E-state index in [1.807, 2.05) is 12.1 Å². The molecular weight excluding hydrogens is 417 g/mol. The molecule has 0 aliphatic carbocycles. The molecule has 10 heteroatoms. The number of anilines is 1. The lowest BCUT2D eigenvalue weighted by Crippen LogP contribution is -2.49. The van der Waals surface area contributed by atoms with E-state index in [1.54, 1.807) is 25.2 Å². The fourth-order valence-corrected chi connectivity index (χ4v) is 3.60. The highest BCUT2D eigenvalue weighted by Crippen LogP contribution is 2.29. The average molecular weight is 441 g/mol. The van der Waals surface area contributed by atoms with E-state index in [9.17, 15) is 9.18 Å². The highest BCUT2D eigenvalue weighted by Gasteiger charge is 2.26. The predicted molar refractivity (Wildman–Crippen MR) is 117 cm³/mol. The number of hydrogen-bond acceptors (Lipinski definition) is 7. The number of urea groups is 1. The number of carbonyl (C=O) groups is 1. The third-order valence-corrected chi connectivity index (χ3v) is 5.25. The van der Waals surface area contributed by atoms with Crippen LogP contribution in [0.3, 0.4) is 0 Å². The van der Waals surface area contributed by atoms with Gasteiger partial charge < -0.3 is 24.4 Å². The van der Waals surface area contributed by atoms with Crippen LogP contribution in [-0.4, -0.2) is 61.9 Å². The molecule has 168 valence electrons. The first-order valence-corrected chi connectivity index (χ1v) is 10.0. The molecule has 32 heavy (non-hydrogen) atoms. The minimum Gasteiger partial charge on any atom is -0.497 e. The van der Waals surface area contributed by atoms with Crippen molar-refractivity contribution < 1.29 is 23.4 Å². The van der Waals surface area contributed by atoms with E-state index in [0.717, 1.165) is 5.56 Å². The van der Waals surface area contributed by atoms with E-state index in [-0.39, 0.29) is 23.8 Å². The van der Waals surface area contributed by atoms with E-state index in [2.05, 4.69) is 20.6 Å². The second-order valence-corrected chi connectivity index (χ2v) is 7.24. The number of nitrogens with zero attached hydrogens (tertiary/aromatic N) is 3. The SMILES string of the molecule is COc1cc(OC)cc(C2CN(C(=O)Nc3nc4cc(F)ccc4nc3OC)CCN2)c1. The van der Waals surface area contributed by atoms with Crippen molar-refractivity contribution in [3.05, 3.63) is 47.8 Å². The summed E-state index contributed by atoms with van der Waals surface area (Å²) in [6.07, 6.45) is 0. The molecule has 1 fully saturated rings. The number of amides is 2. The third-order valence-electron chi connectivity index (χ3n) is 5.25. The van der Waals surface area contributed by atoms with Crippen molar-refractivity contribution in [2.24, 2.45) is 0 Å². The molecule has 2 amide bonds. The number of fused-ring (bicyclic) bond motifs is 1. The Morgan fingerprint density at radius 1 is 1.06 bits per heavy atom. The molecule has 3 aromatic rings. The lowest BCUT2D eigenvalue weighted by Gasteiger charge is -2.34. The monoisotopic (exact) mass is 441 g/mol. The molecule has 2 heterocycles. The zero-order valence-corrected chi connectivity index (χ0v) is 18.0. The van der Waals surface area contributed by atoms with Gasteiger partial charge in [0.1, 0.15) is 17.3 Å². The molecule has 2 N–H and O–H groups in total. The summed E-state index contributed by atoms with van der Waals surface area (Å²) in [5.74, 6) is 1.19. The zero-order chi connectivity index (χ0) is 22.7. The summed E-state index contributed by atoms with van der Waals surface area (Å²) in [5, 5.41) is 6.16. The molecule has 2 aromatic carbocycles. The van der Waals surface area contributed by atoms with Gasteiger partial charge in [-0.05, 0) is 29.8 Å². The summed E-state index contributed by atoms with van der Waals surface area (Å²) >= 11 is 0. The summed E-state index contributed by atoms with van der Waals surface area (Å²) in [5.41, 5.74) is 1.73. The van der Waals surface area contributed by atoms with Crippen molar-refractivity contribution >= 4 is 22.9 Å². The molecule has 9 nitrogen and oxygen atoms in total. The number of ether oxygens (including phenoxy) is 3. The molecule has 1 aliphatic heterocycles. The van der Waals surface area contributed by atoms with Crippen LogP contribution >= 0.6 is 0 Å². The van der Waals surface area contributed by atoms with Gasteiger partial charge in [-0.3, -0.25) is 5.32 Å². The Morgan fingerprint density at radius 2 is 1.81 bits per heavy atom. The van der Waals surface area contributed by atoms with Gasteiger partial charge in [-0.1, -0.05) is 0 Å². The minimum absolute atomic E-state index is 0.114. The molecule has 4 rings (SSSR count). The molecule has 0 radical (unpaired) electrons. The molecule has 1 atom stereocenters. The topological polar surface area (TPSA) is 97.8 Å². The number of piperazine rings is 1. The number of hydrogen-bond donors (Lipinski definition) is 2. The Hall–Kier alpha value is -3.66. The summed E-state index contributed by atoms with van der Waals surface area (Å²) in [6, 6.07) is 9.21. The molecule has 1 aromatic heterocycles. The molecule has 1 unspecified atom stereocenters. The Labute approximate surface area is 184 Å². The zero-order valence-electron chi connectivity index (χ0n) is 18.0. The Kier molecular flexibility index (Phi) is 6.22. The van der Waals surface area contributed by atoms with E-state index in [1.165, 1.54) is 25.3 Å². The minimum atomic E-state index is -0.437. The number of halogens is 1. The van der Waals surface area contributed by atoms with Crippen molar-refractivity contribution in [3.63, 3.8) is 0 Å². The van der Waals surface area contributed by atoms with Crippen molar-refractivity contribution in [1.29, 1.82) is 0 Å². The maximum Gasteiger partial charge on any atom is 0.323 e. The number of aromatic nitrogens is 2. The van der Waals surface area contributed by atoms with E-state index in [0.29, 0.717) is 42.2 Å². The van der Waals surface area contributed by atoms with Crippen molar-refractivity contribution in [2.75, 3.05) is 46.3 Å². The normalized spacial score (nSPS) is 16.0. The maximum absolute atomic E-state index is 13.6. The van der Waals surface area contributed by atoms with Gasteiger partial charge in [0, 0.05) is 31.8 Å². The predicted octanol–water partition coefficient (Wildman–Crippen LogP) is 2.97. The highest BCUT2D eigenvalue weighted by molar-refractivity contribution is 5.91. The van der Waals surface area contributed by atoms with Gasteiger partial charge in [-0.25, -0.2) is 19.2 Å². The van der Waals surface area contributed by atoms with Crippen LogP contribution in [0.1, 0.15) is 11.6 Å². The van der Waals surface area contributed by atoms with Crippen molar-refractivity contribution in [3.8, 4) is 17.4 Å². The molecule has 0 spiro atoms. The molecule has 1 aliphatic rings. The number of nitrogens with one attached hydrogen (secondary N) is 2. The summed E-state index contributed by atoms with van der Waals surface area (Å²) in [4.78, 5) is 23.3. The summed E-state index contributed by atoms with van der Waals surface area (Å²) in [6.45, 7) is 1.52. The number of carbonyl (C=O) groups excluding carboxylic acids is 1. The van der Waals surface area contributed by atoms with Crippen LogP contribution in [0.25, 0.3) is 11.0 Å². The van der Waals surface area contributed by atoms with Crippen LogP contribution in [-0.2, 0) is 0 Å². The first-order valence-electron chi connectivity index (χ1n) is 10.0. The number of benzene rings is 2.